The molecule has 1 radical (unpaired) electrons. The van der Waals surface area contributed by atoms with Crippen LogP contribution in [0.3, 0.4) is 0 Å². The third-order valence-electron chi connectivity index (χ3n) is 2.81. The molecule has 1 aromatic carbocycles. The number of nitrogens with zero attached hydrogens (tertiary/aromatic N) is 3. The second-order valence-corrected chi connectivity index (χ2v) is 4.84. The van der Waals surface area contributed by atoms with Crippen molar-refractivity contribution in [3.8, 4) is 11.3 Å². The van der Waals surface area contributed by atoms with Gasteiger partial charge in [0.2, 0.25) is 0 Å². The fraction of sp³-hybridized carbons (Fsp3) is 0.154. The number of anilines is 1. The maximum atomic E-state index is 4.26. The lowest BCUT2D eigenvalue weighted by atomic mass is 10.1. The summed E-state index contributed by atoms with van der Waals surface area (Å²) < 4.78 is 0. The van der Waals surface area contributed by atoms with E-state index in [2.05, 4.69) is 37.4 Å². The molecule has 0 bridgehead atoms. The highest BCUT2D eigenvalue weighted by molar-refractivity contribution is 9.09. The molecular formula is C13H11BrN3. The van der Waals surface area contributed by atoms with E-state index in [1.54, 1.807) is 0 Å². The average Bonchev–Trinajstić information content (AvgIpc) is 2.39. The van der Waals surface area contributed by atoms with E-state index >= 15 is 0 Å². The molecule has 3 nitrogen and oxygen atoms in total. The largest absolute Gasteiger partial charge is 0.342 e. The number of hydrogen-bond acceptors (Lipinski definition) is 3. The first-order valence-corrected chi connectivity index (χ1v) is 6.39. The second-order valence-electron chi connectivity index (χ2n) is 3.90. The van der Waals surface area contributed by atoms with Crippen molar-refractivity contribution in [1.29, 1.82) is 0 Å². The van der Waals surface area contributed by atoms with Crippen LogP contribution in [0.2, 0.25) is 0 Å². The maximum Gasteiger partial charge on any atom is 0.152 e. The molecule has 1 atom stereocenters. The van der Waals surface area contributed by atoms with E-state index in [9.17, 15) is 0 Å². The van der Waals surface area contributed by atoms with Crippen LogP contribution in [0.25, 0.3) is 11.3 Å². The van der Waals surface area contributed by atoms with Crippen molar-refractivity contribution in [3.63, 3.8) is 0 Å². The molecule has 1 fully saturated rings. The fourth-order valence-corrected chi connectivity index (χ4v) is 2.30. The van der Waals surface area contributed by atoms with Crippen LogP contribution in [0.4, 0.5) is 5.82 Å². The van der Waals surface area contributed by atoms with E-state index in [0.29, 0.717) is 4.95 Å². The lowest BCUT2D eigenvalue weighted by molar-refractivity contribution is 0.707. The van der Waals surface area contributed by atoms with Gasteiger partial charge in [0.15, 0.2) is 5.82 Å². The SMILES string of the molecule is BrC1[CH]CN1c1ccc(-c2ccccc2)nn1. The van der Waals surface area contributed by atoms with Gasteiger partial charge in [0.05, 0.1) is 10.6 Å². The zero-order chi connectivity index (χ0) is 11.7. The summed E-state index contributed by atoms with van der Waals surface area (Å²) in [5, 5.41) is 8.51. The van der Waals surface area contributed by atoms with Gasteiger partial charge in [-0.2, -0.15) is 0 Å². The van der Waals surface area contributed by atoms with E-state index in [-0.39, 0.29) is 0 Å². The van der Waals surface area contributed by atoms with Crippen molar-refractivity contribution >= 4 is 21.7 Å². The molecular weight excluding hydrogens is 278 g/mol. The molecule has 1 aliphatic rings. The Balaban J connectivity index is 1.85. The van der Waals surface area contributed by atoms with Crippen LogP contribution < -0.4 is 4.90 Å². The Bertz CT molecular complexity index is 498. The molecule has 0 spiro atoms. The summed E-state index contributed by atoms with van der Waals surface area (Å²) in [6.07, 6.45) is 2.17. The Labute approximate surface area is 109 Å². The summed E-state index contributed by atoms with van der Waals surface area (Å²) in [5.41, 5.74) is 2.00. The number of alkyl halides is 1. The summed E-state index contributed by atoms with van der Waals surface area (Å²) >= 11 is 3.53. The highest BCUT2D eigenvalue weighted by atomic mass is 79.9. The van der Waals surface area contributed by atoms with Gasteiger partial charge >= 0.3 is 0 Å². The molecule has 1 aliphatic heterocycles. The Morgan fingerprint density at radius 2 is 1.88 bits per heavy atom. The molecule has 0 saturated carbocycles. The molecule has 0 amide bonds. The van der Waals surface area contributed by atoms with Gasteiger partial charge in [0.25, 0.3) is 0 Å². The van der Waals surface area contributed by atoms with E-state index < -0.39 is 0 Å². The molecule has 2 aromatic rings. The maximum absolute atomic E-state index is 4.26. The van der Waals surface area contributed by atoms with E-state index in [0.717, 1.165) is 23.6 Å². The molecule has 2 heterocycles. The molecule has 3 rings (SSSR count). The average molecular weight is 289 g/mol. The van der Waals surface area contributed by atoms with Crippen LogP contribution in [0.1, 0.15) is 0 Å². The lowest BCUT2D eigenvalue weighted by Gasteiger charge is -2.37. The number of aromatic nitrogens is 2. The molecule has 1 aromatic heterocycles. The minimum Gasteiger partial charge on any atom is -0.342 e. The van der Waals surface area contributed by atoms with E-state index in [4.69, 9.17) is 0 Å². The van der Waals surface area contributed by atoms with Crippen LogP contribution in [0, 0.1) is 6.42 Å². The van der Waals surface area contributed by atoms with Crippen LogP contribution in [-0.4, -0.2) is 21.7 Å². The van der Waals surface area contributed by atoms with Crippen molar-refractivity contribution in [2.45, 2.75) is 4.95 Å². The first kappa shape index (κ1) is 10.7. The Morgan fingerprint density at radius 1 is 1.06 bits per heavy atom. The molecule has 17 heavy (non-hydrogen) atoms. The predicted molar refractivity (Wildman–Crippen MR) is 71.8 cm³/mol. The third kappa shape index (κ3) is 2.05. The minimum absolute atomic E-state index is 0.291. The van der Waals surface area contributed by atoms with E-state index in [1.807, 2.05) is 42.5 Å². The molecule has 1 unspecified atom stereocenters. The normalized spacial score (nSPS) is 18.9. The Morgan fingerprint density at radius 3 is 2.41 bits per heavy atom. The van der Waals surface area contributed by atoms with Gasteiger partial charge in [-0.15, -0.1) is 10.2 Å². The standard InChI is InChI=1S/C13H11BrN3/c14-12-8-9-17(12)13-7-6-11(15-16-13)10-4-2-1-3-5-10/h1-8,12H,9H2. The topological polar surface area (TPSA) is 29.0 Å². The summed E-state index contributed by atoms with van der Waals surface area (Å²) in [4.78, 5) is 2.43. The zero-order valence-electron chi connectivity index (χ0n) is 9.12. The first-order valence-electron chi connectivity index (χ1n) is 5.48. The van der Waals surface area contributed by atoms with Crippen LogP contribution in [-0.2, 0) is 0 Å². The predicted octanol–water partition coefficient (Wildman–Crippen LogP) is 2.89. The molecule has 4 heteroatoms. The van der Waals surface area contributed by atoms with Gasteiger partial charge in [0, 0.05) is 18.5 Å². The number of rotatable bonds is 2. The third-order valence-corrected chi connectivity index (χ3v) is 3.68. The smallest absolute Gasteiger partial charge is 0.152 e. The summed E-state index contributed by atoms with van der Waals surface area (Å²) in [6, 6.07) is 14.1. The number of hydrogen-bond donors (Lipinski definition) is 0. The summed E-state index contributed by atoms with van der Waals surface area (Å²) in [6.45, 7) is 0.926. The van der Waals surface area contributed by atoms with Crippen molar-refractivity contribution in [2.75, 3.05) is 11.4 Å². The van der Waals surface area contributed by atoms with Crippen molar-refractivity contribution in [1.82, 2.24) is 10.2 Å². The van der Waals surface area contributed by atoms with Crippen molar-refractivity contribution < 1.29 is 0 Å². The van der Waals surface area contributed by atoms with Crippen LogP contribution >= 0.6 is 15.9 Å². The number of benzene rings is 1. The van der Waals surface area contributed by atoms with Gasteiger partial charge in [-0.05, 0) is 12.1 Å². The molecule has 85 valence electrons. The minimum atomic E-state index is 0.291. The zero-order valence-corrected chi connectivity index (χ0v) is 10.7. The fourth-order valence-electron chi connectivity index (χ4n) is 1.75. The van der Waals surface area contributed by atoms with Gasteiger partial charge in [-0.25, -0.2) is 0 Å². The van der Waals surface area contributed by atoms with E-state index in [1.165, 1.54) is 0 Å². The molecule has 0 N–H and O–H groups in total. The molecule has 1 saturated heterocycles. The van der Waals surface area contributed by atoms with Crippen molar-refractivity contribution in [3.05, 3.63) is 48.9 Å². The van der Waals surface area contributed by atoms with Crippen LogP contribution in [0.15, 0.2) is 42.5 Å². The summed E-state index contributed by atoms with van der Waals surface area (Å²) in [5.74, 6) is 0.911. The van der Waals surface area contributed by atoms with Crippen molar-refractivity contribution in [2.24, 2.45) is 0 Å². The van der Waals surface area contributed by atoms with Gasteiger partial charge in [-0.1, -0.05) is 46.3 Å². The first-order chi connectivity index (χ1) is 8.34. The molecule has 0 aliphatic carbocycles. The Kier molecular flexibility index (Phi) is 2.81. The highest BCUT2D eigenvalue weighted by Crippen LogP contribution is 2.28. The van der Waals surface area contributed by atoms with Crippen LogP contribution in [0.5, 0.6) is 0 Å². The Hall–Kier alpha value is -1.42. The monoisotopic (exact) mass is 288 g/mol. The van der Waals surface area contributed by atoms with Gasteiger partial charge in [-0.3, -0.25) is 0 Å². The number of halogens is 1. The quantitative estimate of drug-likeness (QED) is 0.629. The summed E-state index contributed by atoms with van der Waals surface area (Å²) in [7, 11) is 0. The van der Waals surface area contributed by atoms with Gasteiger partial charge in [0.1, 0.15) is 0 Å². The lowest BCUT2D eigenvalue weighted by Crippen LogP contribution is -2.45. The highest BCUT2D eigenvalue weighted by Gasteiger charge is 2.26. The second kappa shape index (κ2) is 4.45. The van der Waals surface area contributed by atoms with Gasteiger partial charge < -0.3 is 4.90 Å².